The predicted molar refractivity (Wildman–Crippen MR) is 131 cm³/mol. The second-order valence-corrected chi connectivity index (χ2v) is 12.1. The highest BCUT2D eigenvalue weighted by atomic mass is 79.9. The SMILES string of the molecule is Cc1ccc(C)c(S(=O)(=O)N2CCC3(CCN(C(=O)Nc4ccc(Br)cc4Cl)C3)CC2)c1. The number of halogens is 2. The molecule has 9 heteroatoms. The lowest BCUT2D eigenvalue weighted by molar-refractivity contribution is 0.158. The van der Waals surface area contributed by atoms with Crippen LogP contribution in [0.2, 0.25) is 5.02 Å². The molecule has 1 spiro atoms. The number of rotatable bonds is 3. The Morgan fingerprint density at radius 2 is 1.75 bits per heavy atom. The highest BCUT2D eigenvalue weighted by molar-refractivity contribution is 9.10. The summed E-state index contributed by atoms with van der Waals surface area (Å²) >= 11 is 9.59. The third kappa shape index (κ3) is 4.69. The summed E-state index contributed by atoms with van der Waals surface area (Å²) in [6, 6.07) is 10.7. The Kier molecular flexibility index (Phi) is 6.60. The molecule has 1 N–H and O–H groups in total. The van der Waals surface area contributed by atoms with Crippen molar-refractivity contribution in [2.75, 3.05) is 31.5 Å². The van der Waals surface area contributed by atoms with Gasteiger partial charge in [-0.05, 0) is 73.9 Å². The number of hydrogen-bond acceptors (Lipinski definition) is 3. The van der Waals surface area contributed by atoms with Gasteiger partial charge in [-0.3, -0.25) is 0 Å². The molecule has 172 valence electrons. The number of piperidine rings is 1. The maximum Gasteiger partial charge on any atom is 0.321 e. The van der Waals surface area contributed by atoms with E-state index in [2.05, 4.69) is 21.2 Å². The van der Waals surface area contributed by atoms with Crippen molar-refractivity contribution in [3.05, 3.63) is 57.0 Å². The minimum absolute atomic E-state index is 0.0332. The molecule has 0 atom stereocenters. The van der Waals surface area contributed by atoms with Crippen LogP contribution in [0.4, 0.5) is 10.5 Å². The molecule has 0 saturated carbocycles. The maximum absolute atomic E-state index is 13.2. The molecule has 0 aliphatic carbocycles. The zero-order valence-electron chi connectivity index (χ0n) is 18.2. The van der Waals surface area contributed by atoms with Crippen molar-refractivity contribution >= 4 is 49.3 Å². The number of carbonyl (C=O) groups excluding carboxylic acids is 1. The smallest absolute Gasteiger partial charge is 0.321 e. The molecule has 2 aromatic carbocycles. The summed E-state index contributed by atoms with van der Waals surface area (Å²) in [4.78, 5) is 15.0. The van der Waals surface area contributed by atoms with Crippen LogP contribution in [0, 0.1) is 19.3 Å². The molecule has 2 saturated heterocycles. The molecule has 32 heavy (non-hydrogen) atoms. The molecule has 2 aliphatic heterocycles. The molecular weight excluding hydrogens is 514 g/mol. The van der Waals surface area contributed by atoms with Crippen molar-refractivity contribution < 1.29 is 13.2 Å². The summed E-state index contributed by atoms with van der Waals surface area (Å²) < 4.78 is 28.9. The second-order valence-electron chi connectivity index (χ2n) is 8.90. The number of sulfonamides is 1. The number of hydrogen-bond donors (Lipinski definition) is 1. The average molecular weight is 541 g/mol. The van der Waals surface area contributed by atoms with E-state index in [1.165, 1.54) is 0 Å². The van der Waals surface area contributed by atoms with E-state index in [-0.39, 0.29) is 11.4 Å². The van der Waals surface area contributed by atoms with E-state index in [1.807, 2.05) is 36.9 Å². The summed E-state index contributed by atoms with van der Waals surface area (Å²) in [5.74, 6) is 0. The van der Waals surface area contributed by atoms with E-state index in [9.17, 15) is 13.2 Å². The summed E-state index contributed by atoms with van der Waals surface area (Å²) in [6.45, 7) is 5.98. The highest BCUT2D eigenvalue weighted by Crippen LogP contribution is 2.42. The van der Waals surface area contributed by atoms with Crippen molar-refractivity contribution in [2.45, 2.75) is 38.0 Å². The average Bonchev–Trinajstić information content (AvgIpc) is 3.15. The van der Waals surface area contributed by atoms with Crippen LogP contribution in [0.25, 0.3) is 0 Å². The first-order chi connectivity index (χ1) is 15.1. The van der Waals surface area contributed by atoms with Gasteiger partial charge in [0.2, 0.25) is 10.0 Å². The van der Waals surface area contributed by atoms with Crippen LogP contribution >= 0.6 is 27.5 Å². The van der Waals surface area contributed by atoms with Gasteiger partial charge >= 0.3 is 6.03 Å². The van der Waals surface area contributed by atoms with E-state index >= 15 is 0 Å². The zero-order valence-corrected chi connectivity index (χ0v) is 21.4. The summed E-state index contributed by atoms with van der Waals surface area (Å²) in [6.07, 6.45) is 2.38. The molecule has 0 aromatic heterocycles. The van der Waals surface area contributed by atoms with Gasteiger partial charge in [0.1, 0.15) is 0 Å². The van der Waals surface area contributed by atoms with Gasteiger partial charge in [-0.25, -0.2) is 13.2 Å². The molecule has 0 radical (unpaired) electrons. The molecule has 2 aliphatic rings. The Labute approximate surface area is 203 Å². The van der Waals surface area contributed by atoms with Gasteiger partial charge < -0.3 is 10.2 Å². The molecule has 6 nitrogen and oxygen atoms in total. The summed E-state index contributed by atoms with van der Waals surface area (Å²) in [5, 5.41) is 3.37. The number of nitrogens with one attached hydrogen (secondary N) is 1. The molecule has 2 fully saturated rings. The minimum Gasteiger partial charge on any atom is -0.324 e. The number of amides is 2. The number of anilines is 1. The summed E-state index contributed by atoms with van der Waals surface area (Å²) in [7, 11) is -3.52. The van der Waals surface area contributed by atoms with E-state index in [4.69, 9.17) is 11.6 Å². The summed E-state index contributed by atoms with van der Waals surface area (Å²) in [5.41, 5.74) is 2.25. The molecule has 2 amide bonds. The fourth-order valence-electron chi connectivity index (χ4n) is 4.63. The molecule has 4 rings (SSSR count). The van der Waals surface area contributed by atoms with Gasteiger partial charge in [0.15, 0.2) is 0 Å². The van der Waals surface area contributed by atoms with E-state index in [0.717, 1.165) is 34.9 Å². The fourth-order valence-corrected chi connectivity index (χ4v) is 7.10. The monoisotopic (exact) mass is 539 g/mol. The lowest BCUT2D eigenvalue weighted by Gasteiger charge is -2.38. The maximum atomic E-state index is 13.2. The molecule has 2 heterocycles. The largest absolute Gasteiger partial charge is 0.324 e. The first-order valence-corrected chi connectivity index (χ1v) is 13.3. The lowest BCUT2D eigenvalue weighted by Crippen LogP contribution is -2.45. The topological polar surface area (TPSA) is 69.7 Å². The van der Waals surface area contributed by atoms with Crippen LogP contribution in [0.1, 0.15) is 30.4 Å². The third-order valence-electron chi connectivity index (χ3n) is 6.64. The Balaban J connectivity index is 1.40. The molecule has 2 aromatic rings. The first-order valence-electron chi connectivity index (χ1n) is 10.7. The van der Waals surface area contributed by atoms with Crippen LogP contribution in [0.3, 0.4) is 0 Å². The van der Waals surface area contributed by atoms with Crippen LogP contribution in [0.5, 0.6) is 0 Å². The van der Waals surface area contributed by atoms with Crippen molar-refractivity contribution in [1.29, 1.82) is 0 Å². The number of likely N-dealkylation sites (tertiary alicyclic amines) is 1. The molecular formula is C23H27BrClN3O3S. The Morgan fingerprint density at radius 1 is 1.06 bits per heavy atom. The van der Waals surface area contributed by atoms with Crippen LogP contribution in [0.15, 0.2) is 45.8 Å². The lowest BCUT2D eigenvalue weighted by atomic mass is 9.78. The minimum atomic E-state index is -3.52. The highest BCUT2D eigenvalue weighted by Gasteiger charge is 2.44. The fraction of sp³-hybridized carbons (Fsp3) is 0.435. The third-order valence-corrected chi connectivity index (χ3v) is 9.49. The number of nitrogens with zero attached hydrogens (tertiary/aromatic N) is 2. The Hall–Kier alpha value is -1.61. The van der Waals surface area contributed by atoms with E-state index in [0.29, 0.717) is 41.8 Å². The van der Waals surface area contributed by atoms with Crippen LogP contribution in [-0.4, -0.2) is 49.8 Å². The predicted octanol–water partition coefficient (Wildman–Crippen LogP) is 5.43. The van der Waals surface area contributed by atoms with Crippen molar-refractivity contribution in [2.24, 2.45) is 5.41 Å². The van der Waals surface area contributed by atoms with Crippen LogP contribution in [-0.2, 0) is 10.0 Å². The van der Waals surface area contributed by atoms with Crippen molar-refractivity contribution in [3.63, 3.8) is 0 Å². The van der Waals surface area contributed by atoms with Gasteiger partial charge in [-0.2, -0.15) is 4.31 Å². The standard InChI is InChI=1S/C23H27BrClN3O3S/c1-16-3-4-17(2)21(13-16)32(30,31)28-11-8-23(9-12-28)7-10-27(15-23)22(29)26-20-6-5-18(24)14-19(20)25/h3-6,13-14H,7-12,15H2,1-2H3,(H,26,29). The van der Waals surface area contributed by atoms with E-state index < -0.39 is 10.0 Å². The normalized spacial score (nSPS) is 18.8. The van der Waals surface area contributed by atoms with Gasteiger partial charge in [-0.1, -0.05) is 39.7 Å². The van der Waals surface area contributed by atoms with Gasteiger partial charge in [0.05, 0.1) is 15.6 Å². The molecule has 0 unspecified atom stereocenters. The molecule has 0 bridgehead atoms. The number of carbonyl (C=O) groups is 1. The number of urea groups is 1. The van der Waals surface area contributed by atoms with Crippen molar-refractivity contribution in [3.8, 4) is 0 Å². The zero-order chi connectivity index (χ0) is 23.1. The Bertz CT molecular complexity index is 1150. The van der Waals surface area contributed by atoms with Gasteiger partial charge in [-0.15, -0.1) is 0 Å². The first kappa shape index (κ1) is 23.5. The second kappa shape index (κ2) is 8.97. The van der Waals surface area contributed by atoms with Gasteiger partial charge in [0.25, 0.3) is 0 Å². The van der Waals surface area contributed by atoms with Gasteiger partial charge in [0, 0.05) is 30.7 Å². The number of aryl methyl sites for hydroxylation is 2. The van der Waals surface area contributed by atoms with Crippen molar-refractivity contribution in [1.82, 2.24) is 9.21 Å². The van der Waals surface area contributed by atoms with E-state index in [1.54, 1.807) is 22.5 Å². The quantitative estimate of drug-likeness (QED) is 0.564. The number of benzene rings is 2. The van der Waals surface area contributed by atoms with Crippen LogP contribution < -0.4 is 5.32 Å². The Morgan fingerprint density at radius 3 is 2.44 bits per heavy atom.